The van der Waals surface area contributed by atoms with Gasteiger partial charge in [-0.1, -0.05) is 25.7 Å². The average Bonchev–Trinajstić information content (AvgIpc) is 2.86. The highest BCUT2D eigenvalue weighted by atomic mass is 16.7. The molecule has 0 aliphatic carbocycles. The lowest BCUT2D eigenvalue weighted by Gasteiger charge is -2.46. The first-order valence-corrected chi connectivity index (χ1v) is 12.1. The van der Waals surface area contributed by atoms with E-state index in [0.717, 1.165) is 32.1 Å². The summed E-state index contributed by atoms with van der Waals surface area (Å²) in [5, 5.41) is 59.7. The van der Waals surface area contributed by atoms with Gasteiger partial charge in [-0.2, -0.15) is 0 Å². The average molecular weight is 512 g/mol. The molecule has 2 saturated heterocycles. The number of hydrogen-bond acceptors (Lipinski definition) is 13. The fourth-order valence-electron chi connectivity index (χ4n) is 4.12. The van der Waals surface area contributed by atoms with Crippen molar-refractivity contribution in [2.75, 3.05) is 26.9 Å². The SMILES string of the molecule is COC(=O)CCCCCCCCO[C@@H]1OC(CO)[C@H](O)C(OC2OC(CO)[C@@H](O)C(O)C2O)C1N. The Labute approximate surface area is 204 Å². The molecule has 0 aromatic heterocycles. The normalized spacial score (nSPS) is 37.8. The smallest absolute Gasteiger partial charge is 0.305 e. The molecule has 2 aliphatic heterocycles. The van der Waals surface area contributed by atoms with Gasteiger partial charge in [0.05, 0.1) is 26.4 Å². The molecule has 2 rings (SSSR count). The Kier molecular flexibility index (Phi) is 13.2. The molecule has 13 heteroatoms. The van der Waals surface area contributed by atoms with E-state index in [-0.39, 0.29) is 5.97 Å². The summed E-state index contributed by atoms with van der Waals surface area (Å²) in [6.07, 6.45) is -6.61. The Bertz CT molecular complexity index is 611. The van der Waals surface area contributed by atoms with Crippen LogP contribution in [0.5, 0.6) is 0 Å². The summed E-state index contributed by atoms with van der Waals surface area (Å²) in [6.45, 7) is -0.876. The van der Waals surface area contributed by atoms with Crippen LogP contribution in [-0.2, 0) is 28.5 Å². The van der Waals surface area contributed by atoms with Crippen molar-refractivity contribution in [2.24, 2.45) is 5.73 Å². The van der Waals surface area contributed by atoms with Crippen LogP contribution in [0.15, 0.2) is 0 Å². The van der Waals surface area contributed by atoms with Crippen LogP contribution in [0.3, 0.4) is 0 Å². The van der Waals surface area contributed by atoms with Crippen molar-refractivity contribution in [3.63, 3.8) is 0 Å². The van der Waals surface area contributed by atoms with E-state index in [1.54, 1.807) is 0 Å². The van der Waals surface area contributed by atoms with E-state index in [1.165, 1.54) is 7.11 Å². The summed E-state index contributed by atoms with van der Waals surface area (Å²) in [7, 11) is 1.37. The first kappa shape index (κ1) is 30.3. The largest absolute Gasteiger partial charge is 0.469 e. The van der Waals surface area contributed by atoms with Gasteiger partial charge in [0.1, 0.15) is 42.7 Å². The highest BCUT2D eigenvalue weighted by molar-refractivity contribution is 5.68. The summed E-state index contributed by atoms with van der Waals surface area (Å²) < 4.78 is 26.9. The second-order valence-corrected chi connectivity index (χ2v) is 8.91. The lowest BCUT2D eigenvalue weighted by molar-refractivity contribution is -0.343. The van der Waals surface area contributed by atoms with Crippen LogP contribution in [0.4, 0.5) is 0 Å². The van der Waals surface area contributed by atoms with E-state index in [0.29, 0.717) is 19.4 Å². The Morgan fingerprint density at radius 2 is 1.37 bits per heavy atom. The molecule has 2 heterocycles. The number of aliphatic hydroxyl groups excluding tert-OH is 6. The van der Waals surface area contributed by atoms with Gasteiger partial charge < -0.3 is 60.1 Å². The maximum atomic E-state index is 11.1. The molecule has 8 N–H and O–H groups in total. The number of hydrogen-bond donors (Lipinski definition) is 7. The first-order chi connectivity index (χ1) is 16.7. The standard InChI is InChI=1S/C22H41NO12/c1-31-14(26)8-6-4-2-3-5-7-9-32-21-15(23)20(17(28)13(11-25)33-21)35-22-19(30)18(29)16(27)12(10-24)34-22/h12-13,15-22,24-25,27-30H,2-11,23H2,1H3/t12?,13?,15?,16-,17+,18?,19?,20?,21-,22?/m1/s1. The van der Waals surface area contributed by atoms with Crippen molar-refractivity contribution in [1.82, 2.24) is 0 Å². The zero-order chi connectivity index (χ0) is 26.0. The summed E-state index contributed by atoms with van der Waals surface area (Å²) in [4.78, 5) is 11.1. The van der Waals surface area contributed by atoms with E-state index >= 15 is 0 Å². The quantitative estimate of drug-likeness (QED) is 0.0950. The number of carbonyl (C=O) groups excluding carboxylic acids is 1. The third-order valence-electron chi connectivity index (χ3n) is 6.32. The fourth-order valence-corrected chi connectivity index (χ4v) is 4.12. The van der Waals surface area contributed by atoms with Gasteiger partial charge in [0.2, 0.25) is 0 Å². The minimum absolute atomic E-state index is 0.206. The lowest BCUT2D eigenvalue weighted by Crippen LogP contribution is -2.66. The van der Waals surface area contributed by atoms with Crippen LogP contribution in [0, 0.1) is 0 Å². The number of esters is 1. The molecule has 13 nitrogen and oxygen atoms in total. The van der Waals surface area contributed by atoms with Crippen LogP contribution in [0.25, 0.3) is 0 Å². The van der Waals surface area contributed by atoms with Gasteiger partial charge in [0.15, 0.2) is 12.6 Å². The van der Waals surface area contributed by atoms with Crippen molar-refractivity contribution in [3.05, 3.63) is 0 Å². The number of rotatable bonds is 14. The van der Waals surface area contributed by atoms with Crippen LogP contribution in [0.2, 0.25) is 0 Å². The van der Waals surface area contributed by atoms with Gasteiger partial charge in [-0.15, -0.1) is 0 Å². The van der Waals surface area contributed by atoms with E-state index in [1.807, 2.05) is 0 Å². The molecule has 0 aromatic carbocycles. The number of nitrogens with two attached hydrogens (primary N) is 1. The molecule has 2 aliphatic rings. The van der Waals surface area contributed by atoms with E-state index in [9.17, 15) is 35.4 Å². The van der Waals surface area contributed by atoms with Gasteiger partial charge in [-0.3, -0.25) is 4.79 Å². The molecule has 7 unspecified atom stereocenters. The van der Waals surface area contributed by atoms with Gasteiger partial charge in [0.25, 0.3) is 0 Å². The highest BCUT2D eigenvalue weighted by Crippen LogP contribution is 2.29. The minimum atomic E-state index is -1.67. The van der Waals surface area contributed by atoms with E-state index < -0.39 is 74.6 Å². The zero-order valence-corrected chi connectivity index (χ0v) is 20.1. The predicted molar refractivity (Wildman–Crippen MR) is 119 cm³/mol. The number of unbranched alkanes of at least 4 members (excludes halogenated alkanes) is 5. The zero-order valence-electron chi connectivity index (χ0n) is 20.1. The molecular formula is C22H41NO12. The molecule has 2 fully saturated rings. The van der Waals surface area contributed by atoms with E-state index in [4.69, 9.17) is 24.7 Å². The Balaban J connectivity index is 1.82. The summed E-state index contributed by atoms with van der Waals surface area (Å²) in [5.41, 5.74) is 6.20. The molecule has 0 bridgehead atoms. The topological polar surface area (TPSA) is 211 Å². The second-order valence-electron chi connectivity index (χ2n) is 8.91. The fraction of sp³-hybridized carbons (Fsp3) is 0.955. The third kappa shape index (κ3) is 8.54. The monoisotopic (exact) mass is 511 g/mol. The van der Waals surface area contributed by atoms with Crippen molar-refractivity contribution in [3.8, 4) is 0 Å². The van der Waals surface area contributed by atoms with Crippen LogP contribution in [0.1, 0.15) is 44.9 Å². The van der Waals surface area contributed by atoms with Gasteiger partial charge >= 0.3 is 5.97 Å². The summed E-state index contributed by atoms with van der Waals surface area (Å²) in [6, 6.07) is -1.03. The molecule has 206 valence electrons. The molecule has 10 atom stereocenters. The Hall–Kier alpha value is -0.970. The number of carbonyl (C=O) groups is 1. The number of ether oxygens (including phenoxy) is 5. The molecule has 0 radical (unpaired) electrons. The van der Waals surface area contributed by atoms with Crippen LogP contribution in [-0.4, -0.2) is 125 Å². The van der Waals surface area contributed by atoms with Crippen molar-refractivity contribution in [2.45, 2.75) is 106 Å². The lowest BCUT2D eigenvalue weighted by atomic mass is 9.96. The molecule has 0 spiro atoms. The Morgan fingerprint density at radius 1 is 0.800 bits per heavy atom. The predicted octanol–water partition coefficient (Wildman–Crippen LogP) is -2.50. The molecule has 0 saturated carbocycles. The minimum Gasteiger partial charge on any atom is -0.469 e. The summed E-state index contributed by atoms with van der Waals surface area (Å²) >= 11 is 0. The molecule has 35 heavy (non-hydrogen) atoms. The first-order valence-electron chi connectivity index (χ1n) is 12.1. The number of methoxy groups -OCH3 is 1. The Morgan fingerprint density at radius 3 is 2.00 bits per heavy atom. The maximum Gasteiger partial charge on any atom is 0.305 e. The second kappa shape index (κ2) is 15.3. The van der Waals surface area contributed by atoms with Gasteiger partial charge in [-0.25, -0.2) is 0 Å². The molecule has 0 amide bonds. The van der Waals surface area contributed by atoms with Crippen molar-refractivity contribution < 1.29 is 59.1 Å². The highest BCUT2D eigenvalue weighted by Gasteiger charge is 2.50. The maximum absolute atomic E-state index is 11.1. The van der Waals surface area contributed by atoms with E-state index in [2.05, 4.69) is 4.74 Å². The van der Waals surface area contributed by atoms with Gasteiger partial charge in [0, 0.05) is 13.0 Å². The van der Waals surface area contributed by atoms with Crippen LogP contribution < -0.4 is 5.73 Å². The van der Waals surface area contributed by atoms with Crippen molar-refractivity contribution in [1.29, 1.82) is 0 Å². The van der Waals surface area contributed by atoms with Crippen LogP contribution >= 0.6 is 0 Å². The third-order valence-corrected chi connectivity index (χ3v) is 6.32. The van der Waals surface area contributed by atoms with Gasteiger partial charge in [-0.05, 0) is 12.8 Å². The summed E-state index contributed by atoms with van der Waals surface area (Å²) in [5.74, 6) is -0.206. The molecular weight excluding hydrogens is 470 g/mol. The number of aliphatic hydroxyl groups is 6. The van der Waals surface area contributed by atoms with Crippen molar-refractivity contribution >= 4 is 5.97 Å². The molecule has 0 aromatic rings.